The van der Waals surface area contributed by atoms with Crippen molar-refractivity contribution in [2.75, 3.05) is 18.4 Å². The highest BCUT2D eigenvalue weighted by Gasteiger charge is 2.54. The van der Waals surface area contributed by atoms with E-state index in [4.69, 9.17) is 0 Å². The van der Waals surface area contributed by atoms with Crippen molar-refractivity contribution in [2.45, 2.75) is 25.0 Å². The smallest absolute Gasteiger partial charge is 0.255 e. The lowest BCUT2D eigenvalue weighted by Gasteiger charge is -2.42. The molecule has 2 aliphatic heterocycles. The predicted octanol–water partition coefficient (Wildman–Crippen LogP) is 3.08. The van der Waals surface area contributed by atoms with Gasteiger partial charge in [0.2, 0.25) is 0 Å². The minimum Gasteiger partial charge on any atom is -0.362 e. The second-order valence-electron chi connectivity index (χ2n) is 7.68. The fourth-order valence-corrected chi connectivity index (χ4v) is 5.02. The summed E-state index contributed by atoms with van der Waals surface area (Å²) in [6, 6.07) is 18.5. The van der Waals surface area contributed by atoms with Crippen molar-refractivity contribution in [3.05, 3.63) is 65.7 Å². The van der Waals surface area contributed by atoms with Gasteiger partial charge in [-0.3, -0.25) is 9.69 Å². The Morgan fingerprint density at radius 2 is 1.80 bits per heavy atom. The van der Waals surface area contributed by atoms with Gasteiger partial charge in [-0.05, 0) is 36.5 Å². The largest absolute Gasteiger partial charge is 0.362 e. The van der Waals surface area contributed by atoms with E-state index < -0.39 is 0 Å². The van der Waals surface area contributed by atoms with Gasteiger partial charge < -0.3 is 10.6 Å². The molecule has 2 N–H and O–H groups in total. The van der Waals surface area contributed by atoms with E-state index in [1.807, 2.05) is 24.3 Å². The van der Waals surface area contributed by atoms with Gasteiger partial charge in [0.15, 0.2) is 0 Å². The Labute approximate surface area is 148 Å². The fraction of sp³-hybridized carbons (Fsp3) is 0.381. The summed E-state index contributed by atoms with van der Waals surface area (Å²) in [4.78, 5) is 15.2. The van der Waals surface area contributed by atoms with E-state index in [9.17, 15) is 4.79 Å². The Bertz CT molecular complexity index is 806. The molecule has 2 heterocycles. The molecule has 1 saturated carbocycles. The third-order valence-electron chi connectivity index (χ3n) is 6.17. The lowest BCUT2D eigenvalue weighted by molar-refractivity contribution is 0.0871. The molecule has 0 unspecified atom stereocenters. The number of nitrogens with zero attached hydrogens (tertiary/aromatic N) is 1. The molecule has 1 saturated heterocycles. The first-order valence-electron chi connectivity index (χ1n) is 9.19. The number of carbonyl (C=O) groups is 1. The zero-order chi connectivity index (χ0) is 16.9. The van der Waals surface area contributed by atoms with Crippen LogP contribution in [0.4, 0.5) is 5.69 Å². The van der Waals surface area contributed by atoms with E-state index in [0.29, 0.717) is 11.8 Å². The second-order valence-corrected chi connectivity index (χ2v) is 7.68. The molecular weight excluding hydrogens is 310 g/mol. The van der Waals surface area contributed by atoms with Crippen LogP contribution in [0.3, 0.4) is 0 Å². The molecular formula is C21H23N3O. The summed E-state index contributed by atoms with van der Waals surface area (Å²) in [5, 5.41) is 7.03. The lowest BCUT2D eigenvalue weighted by Crippen LogP contribution is -2.61. The molecule has 3 aliphatic rings. The van der Waals surface area contributed by atoms with E-state index in [-0.39, 0.29) is 11.6 Å². The Morgan fingerprint density at radius 3 is 2.68 bits per heavy atom. The van der Waals surface area contributed by atoms with Gasteiger partial charge in [-0.1, -0.05) is 42.5 Å². The number of nitrogens with one attached hydrogen (secondary N) is 2. The van der Waals surface area contributed by atoms with Gasteiger partial charge >= 0.3 is 0 Å². The molecule has 1 amide bonds. The topological polar surface area (TPSA) is 44.4 Å². The van der Waals surface area contributed by atoms with Crippen LogP contribution in [0.1, 0.15) is 28.8 Å². The Balaban J connectivity index is 1.38. The maximum Gasteiger partial charge on any atom is 0.255 e. The Hall–Kier alpha value is -2.33. The van der Waals surface area contributed by atoms with Crippen LogP contribution in [0.5, 0.6) is 0 Å². The quantitative estimate of drug-likeness (QED) is 0.888. The van der Waals surface area contributed by atoms with Crippen LogP contribution in [0, 0.1) is 11.8 Å². The predicted molar refractivity (Wildman–Crippen MR) is 98.2 cm³/mol. The van der Waals surface area contributed by atoms with Crippen molar-refractivity contribution in [1.29, 1.82) is 0 Å². The number of likely N-dealkylation sites (tertiary alicyclic amines) is 1. The SMILES string of the molecule is O=C1N[C@@]2(CC[C@@H]3CN(Cc4ccccc4)C[C@H]32)Nc2ccccc21. The van der Waals surface area contributed by atoms with Gasteiger partial charge in [-0.25, -0.2) is 0 Å². The highest BCUT2D eigenvalue weighted by Crippen LogP contribution is 2.47. The minimum absolute atomic E-state index is 0.0662. The minimum atomic E-state index is -0.276. The summed E-state index contributed by atoms with van der Waals surface area (Å²) < 4.78 is 0. The molecule has 0 bridgehead atoms. The zero-order valence-corrected chi connectivity index (χ0v) is 14.2. The number of amides is 1. The third kappa shape index (κ3) is 2.44. The number of para-hydroxylation sites is 1. The number of fused-ring (bicyclic) bond motifs is 3. The molecule has 3 atom stereocenters. The second kappa shape index (κ2) is 5.60. The van der Waals surface area contributed by atoms with E-state index in [1.54, 1.807) is 0 Å². The summed E-state index contributed by atoms with van der Waals surface area (Å²) in [6.07, 6.45) is 2.19. The number of rotatable bonds is 2. The highest BCUT2D eigenvalue weighted by molar-refractivity contribution is 6.02. The molecule has 2 fully saturated rings. The van der Waals surface area contributed by atoms with Crippen LogP contribution in [0.25, 0.3) is 0 Å². The van der Waals surface area contributed by atoms with Gasteiger partial charge in [0, 0.05) is 31.2 Å². The van der Waals surface area contributed by atoms with E-state index in [0.717, 1.165) is 37.3 Å². The van der Waals surface area contributed by atoms with E-state index >= 15 is 0 Å². The molecule has 2 aromatic rings. The molecule has 5 rings (SSSR count). The maximum absolute atomic E-state index is 12.6. The van der Waals surface area contributed by atoms with Crippen molar-refractivity contribution in [3.63, 3.8) is 0 Å². The number of hydrogen-bond donors (Lipinski definition) is 2. The van der Waals surface area contributed by atoms with Gasteiger partial charge in [0.05, 0.1) is 5.56 Å². The Morgan fingerprint density at radius 1 is 1.00 bits per heavy atom. The van der Waals surface area contributed by atoms with Crippen molar-refractivity contribution in [1.82, 2.24) is 10.2 Å². The van der Waals surface area contributed by atoms with Gasteiger partial charge in [0.1, 0.15) is 5.66 Å². The monoisotopic (exact) mass is 333 g/mol. The molecule has 1 aliphatic carbocycles. The van der Waals surface area contributed by atoms with Gasteiger partial charge in [-0.2, -0.15) is 0 Å². The first kappa shape index (κ1) is 15.0. The van der Waals surface area contributed by atoms with Crippen molar-refractivity contribution in [2.24, 2.45) is 11.8 Å². The fourth-order valence-electron chi connectivity index (χ4n) is 5.02. The average Bonchev–Trinajstić information content (AvgIpc) is 3.17. The standard InChI is InChI=1S/C21H23N3O/c25-20-17-8-4-5-9-19(17)22-21(23-20)11-10-16-13-24(14-18(16)21)12-15-6-2-1-3-7-15/h1-9,16,18,22H,10-14H2,(H,23,25)/t16-,18-,21-/m1/s1. The summed E-state index contributed by atoms with van der Waals surface area (Å²) in [5.41, 5.74) is 2.83. The summed E-state index contributed by atoms with van der Waals surface area (Å²) in [5.74, 6) is 1.19. The molecule has 4 nitrogen and oxygen atoms in total. The molecule has 128 valence electrons. The molecule has 1 spiro atoms. The van der Waals surface area contributed by atoms with Crippen LogP contribution in [-0.2, 0) is 6.54 Å². The number of benzene rings is 2. The summed E-state index contributed by atoms with van der Waals surface area (Å²) >= 11 is 0. The van der Waals surface area contributed by atoms with Crippen molar-refractivity contribution in [3.8, 4) is 0 Å². The third-order valence-corrected chi connectivity index (χ3v) is 6.17. The molecule has 25 heavy (non-hydrogen) atoms. The summed E-state index contributed by atoms with van der Waals surface area (Å²) in [6.45, 7) is 3.16. The van der Waals surface area contributed by atoms with Crippen LogP contribution in [0.15, 0.2) is 54.6 Å². The first-order valence-corrected chi connectivity index (χ1v) is 9.19. The van der Waals surface area contributed by atoms with Gasteiger partial charge in [0.25, 0.3) is 5.91 Å². The zero-order valence-electron chi connectivity index (χ0n) is 14.2. The number of carbonyl (C=O) groups excluding carboxylic acids is 1. The lowest BCUT2D eigenvalue weighted by atomic mass is 9.89. The van der Waals surface area contributed by atoms with Crippen molar-refractivity contribution < 1.29 is 4.79 Å². The maximum atomic E-state index is 12.6. The summed E-state index contributed by atoms with van der Waals surface area (Å²) in [7, 11) is 0. The first-order chi connectivity index (χ1) is 12.2. The normalized spacial score (nSPS) is 30.6. The van der Waals surface area contributed by atoms with Gasteiger partial charge in [-0.15, -0.1) is 0 Å². The van der Waals surface area contributed by atoms with E-state index in [2.05, 4.69) is 45.9 Å². The molecule has 4 heteroatoms. The van der Waals surface area contributed by atoms with Crippen LogP contribution < -0.4 is 10.6 Å². The van der Waals surface area contributed by atoms with Crippen LogP contribution in [0.2, 0.25) is 0 Å². The molecule has 0 aromatic heterocycles. The van der Waals surface area contributed by atoms with E-state index in [1.165, 1.54) is 12.0 Å². The highest BCUT2D eigenvalue weighted by atomic mass is 16.2. The average molecular weight is 333 g/mol. The number of hydrogen-bond acceptors (Lipinski definition) is 3. The van der Waals surface area contributed by atoms with Crippen LogP contribution >= 0.6 is 0 Å². The molecule has 2 aromatic carbocycles. The number of anilines is 1. The molecule has 0 radical (unpaired) electrons. The van der Waals surface area contributed by atoms with Crippen LogP contribution in [-0.4, -0.2) is 29.6 Å². The van der Waals surface area contributed by atoms with Crippen molar-refractivity contribution >= 4 is 11.6 Å². The Kier molecular flexibility index (Phi) is 3.35.